The Morgan fingerprint density at radius 2 is 2.05 bits per heavy atom. The summed E-state index contributed by atoms with van der Waals surface area (Å²) in [5.41, 5.74) is 3.55. The van der Waals surface area contributed by atoms with Gasteiger partial charge in [0.25, 0.3) is 0 Å². The fourth-order valence-corrected chi connectivity index (χ4v) is 2.04. The molecule has 6 heteroatoms. The predicted molar refractivity (Wildman–Crippen MR) is 83.4 cm³/mol. The lowest BCUT2D eigenvalue weighted by Crippen LogP contribution is -2.19. The molecule has 2 rings (SSSR count). The molecule has 0 aliphatic rings. The van der Waals surface area contributed by atoms with Gasteiger partial charge in [0.05, 0.1) is 12.6 Å². The molecule has 0 fully saturated rings. The monoisotopic (exact) mass is 348 g/mol. The fourth-order valence-electron chi connectivity index (χ4n) is 1.69. The van der Waals surface area contributed by atoms with Gasteiger partial charge in [-0.2, -0.15) is 5.10 Å². The molecule has 0 radical (unpaired) electrons. The molecule has 0 aliphatic heterocycles. The number of hydrogen-bond donors (Lipinski definition) is 3. The molecule has 0 unspecified atom stereocenters. The summed E-state index contributed by atoms with van der Waals surface area (Å²) in [6.07, 6.45) is 1.47. The van der Waals surface area contributed by atoms with Crippen molar-refractivity contribution in [1.29, 1.82) is 0 Å². The molecular weight excluding hydrogens is 336 g/mol. The van der Waals surface area contributed by atoms with Crippen molar-refractivity contribution in [3.63, 3.8) is 0 Å². The molecule has 0 saturated heterocycles. The van der Waals surface area contributed by atoms with Gasteiger partial charge in [0.2, 0.25) is 5.91 Å². The number of hydrazone groups is 1. The second-order valence-electron chi connectivity index (χ2n) is 4.34. The largest absolute Gasteiger partial charge is 0.508 e. The van der Waals surface area contributed by atoms with E-state index >= 15 is 0 Å². The maximum absolute atomic E-state index is 11.7. The Hall–Kier alpha value is -2.34. The molecule has 0 aromatic heterocycles. The Bertz CT molecular complexity index is 686. The van der Waals surface area contributed by atoms with Crippen molar-refractivity contribution in [1.82, 2.24) is 5.43 Å². The molecular formula is C15H13BrN2O3. The molecule has 0 bridgehead atoms. The van der Waals surface area contributed by atoms with Crippen molar-refractivity contribution >= 4 is 28.1 Å². The van der Waals surface area contributed by atoms with Gasteiger partial charge in [-0.3, -0.25) is 4.79 Å². The first-order valence-electron chi connectivity index (χ1n) is 6.13. The van der Waals surface area contributed by atoms with Crippen molar-refractivity contribution < 1.29 is 15.0 Å². The topological polar surface area (TPSA) is 81.9 Å². The van der Waals surface area contributed by atoms with Crippen LogP contribution in [0.1, 0.15) is 11.1 Å². The van der Waals surface area contributed by atoms with E-state index in [1.54, 1.807) is 24.3 Å². The van der Waals surface area contributed by atoms with E-state index < -0.39 is 0 Å². The number of nitrogens with zero attached hydrogens (tertiary/aromatic N) is 1. The fraction of sp³-hybridized carbons (Fsp3) is 0.0667. The standard InChI is InChI=1S/C15H13BrN2O3/c16-12-5-4-11(14(20)8-12)9-17-18-15(21)7-10-2-1-3-13(19)6-10/h1-6,8-9,19-20H,7H2,(H,18,21)/b17-9+. The van der Waals surface area contributed by atoms with E-state index in [9.17, 15) is 15.0 Å². The van der Waals surface area contributed by atoms with Gasteiger partial charge in [0.1, 0.15) is 11.5 Å². The van der Waals surface area contributed by atoms with Gasteiger partial charge in [0.15, 0.2) is 0 Å². The minimum absolute atomic E-state index is 0.0651. The van der Waals surface area contributed by atoms with Crippen LogP contribution in [-0.2, 0) is 11.2 Å². The maximum Gasteiger partial charge on any atom is 0.244 e. The number of carbonyl (C=O) groups is 1. The summed E-state index contributed by atoms with van der Waals surface area (Å²) in [5, 5.41) is 22.8. The lowest BCUT2D eigenvalue weighted by Gasteiger charge is -2.02. The smallest absolute Gasteiger partial charge is 0.244 e. The maximum atomic E-state index is 11.7. The van der Waals surface area contributed by atoms with Crippen LogP contribution in [0.3, 0.4) is 0 Å². The first-order chi connectivity index (χ1) is 10.0. The zero-order valence-electron chi connectivity index (χ0n) is 11.0. The van der Waals surface area contributed by atoms with E-state index in [4.69, 9.17) is 0 Å². The van der Waals surface area contributed by atoms with Crippen LogP contribution in [0.2, 0.25) is 0 Å². The first-order valence-corrected chi connectivity index (χ1v) is 6.92. The van der Waals surface area contributed by atoms with Crippen molar-refractivity contribution in [2.45, 2.75) is 6.42 Å². The summed E-state index contributed by atoms with van der Waals surface area (Å²) in [6.45, 7) is 0. The molecule has 2 aromatic rings. The van der Waals surface area contributed by atoms with Crippen LogP contribution < -0.4 is 5.43 Å². The van der Waals surface area contributed by atoms with Crippen molar-refractivity contribution in [2.75, 3.05) is 0 Å². The van der Waals surface area contributed by atoms with Gasteiger partial charge >= 0.3 is 0 Å². The van der Waals surface area contributed by atoms with Crippen LogP contribution >= 0.6 is 15.9 Å². The van der Waals surface area contributed by atoms with Crippen molar-refractivity contribution in [3.8, 4) is 11.5 Å². The summed E-state index contributed by atoms with van der Waals surface area (Å²) < 4.78 is 0.755. The minimum atomic E-state index is -0.312. The summed E-state index contributed by atoms with van der Waals surface area (Å²) in [5.74, 6) is -0.132. The van der Waals surface area contributed by atoms with E-state index in [0.29, 0.717) is 11.1 Å². The van der Waals surface area contributed by atoms with Crippen LogP contribution in [0.25, 0.3) is 0 Å². The van der Waals surface area contributed by atoms with Gasteiger partial charge in [-0.1, -0.05) is 28.1 Å². The Labute approximate surface area is 130 Å². The Balaban J connectivity index is 1.93. The number of halogens is 1. The molecule has 21 heavy (non-hydrogen) atoms. The zero-order valence-corrected chi connectivity index (χ0v) is 12.5. The number of amides is 1. The average molecular weight is 349 g/mol. The van der Waals surface area contributed by atoms with Gasteiger partial charge in [-0.25, -0.2) is 5.43 Å². The van der Waals surface area contributed by atoms with Gasteiger partial charge < -0.3 is 10.2 Å². The minimum Gasteiger partial charge on any atom is -0.508 e. The molecule has 0 saturated carbocycles. The van der Waals surface area contributed by atoms with E-state index in [-0.39, 0.29) is 23.8 Å². The van der Waals surface area contributed by atoms with Crippen LogP contribution in [0, 0.1) is 0 Å². The lowest BCUT2D eigenvalue weighted by atomic mass is 10.1. The number of phenolic OH excluding ortho intramolecular Hbond substituents is 2. The predicted octanol–water partition coefficient (Wildman–Crippen LogP) is 2.55. The Kier molecular flexibility index (Phi) is 4.94. The SMILES string of the molecule is O=C(Cc1cccc(O)c1)N/N=C/c1ccc(Br)cc1O. The van der Waals surface area contributed by atoms with Gasteiger partial charge in [-0.15, -0.1) is 0 Å². The molecule has 1 amide bonds. The molecule has 5 nitrogen and oxygen atoms in total. The number of hydrogen-bond acceptors (Lipinski definition) is 4. The Morgan fingerprint density at radius 3 is 2.76 bits per heavy atom. The van der Waals surface area contributed by atoms with E-state index in [1.165, 1.54) is 24.4 Å². The average Bonchev–Trinajstić information content (AvgIpc) is 2.41. The molecule has 0 spiro atoms. The van der Waals surface area contributed by atoms with Crippen LogP contribution in [0.5, 0.6) is 11.5 Å². The summed E-state index contributed by atoms with van der Waals surface area (Å²) >= 11 is 3.24. The third-order valence-corrected chi connectivity index (χ3v) is 3.15. The highest BCUT2D eigenvalue weighted by Gasteiger charge is 2.03. The number of rotatable bonds is 4. The summed E-state index contributed by atoms with van der Waals surface area (Å²) in [4.78, 5) is 11.7. The molecule has 0 aliphatic carbocycles. The van der Waals surface area contributed by atoms with Crippen LogP contribution in [0.4, 0.5) is 0 Å². The highest BCUT2D eigenvalue weighted by molar-refractivity contribution is 9.10. The van der Waals surface area contributed by atoms with Crippen LogP contribution in [-0.4, -0.2) is 22.3 Å². The normalized spacial score (nSPS) is 10.7. The third kappa shape index (κ3) is 4.61. The summed E-state index contributed by atoms with van der Waals surface area (Å²) in [6, 6.07) is 11.4. The molecule has 0 atom stereocenters. The second-order valence-corrected chi connectivity index (χ2v) is 5.26. The van der Waals surface area contributed by atoms with Gasteiger partial charge in [0, 0.05) is 10.0 Å². The quantitative estimate of drug-likeness (QED) is 0.586. The number of aromatic hydroxyl groups is 2. The first kappa shape index (κ1) is 15.1. The van der Waals surface area contributed by atoms with Gasteiger partial charge in [-0.05, 0) is 35.9 Å². The number of benzene rings is 2. The molecule has 0 heterocycles. The summed E-state index contributed by atoms with van der Waals surface area (Å²) in [7, 11) is 0. The van der Waals surface area contributed by atoms with Crippen molar-refractivity contribution in [2.24, 2.45) is 5.10 Å². The highest BCUT2D eigenvalue weighted by atomic mass is 79.9. The lowest BCUT2D eigenvalue weighted by molar-refractivity contribution is -0.120. The molecule has 3 N–H and O–H groups in total. The van der Waals surface area contributed by atoms with E-state index in [0.717, 1.165) is 4.47 Å². The Morgan fingerprint density at radius 1 is 1.24 bits per heavy atom. The van der Waals surface area contributed by atoms with Crippen molar-refractivity contribution in [3.05, 3.63) is 58.1 Å². The zero-order chi connectivity index (χ0) is 15.2. The molecule has 108 valence electrons. The highest BCUT2D eigenvalue weighted by Crippen LogP contribution is 2.20. The molecule has 2 aromatic carbocycles. The van der Waals surface area contributed by atoms with E-state index in [2.05, 4.69) is 26.5 Å². The van der Waals surface area contributed by atoms with Crippen LogP contribution in [0.15, 0.2) is 52.0 Å². The number of phenols is 2. The number of carbonyl (C=O) groups excluding carboxylic acids is 1. The number of nitrogens with one attached hydrogen (secondary N) is 1. The van der Waals surface area contributed by atoms with E-state index in [1.807, 2.05) is 0 Å². The second kappa shape index (κ2) is 6.90. The third-order valence-electron chi connectivity index (χ3n) is 2.66.